The largest absolute Gasteiger partial charge is 0.784 e. The number of carbonyl (C=O) groups excluding carboxylic acids is 1. The van der Waals surface area contributed by atoms with Gasteiger partial charge in [0.2, 0.25) is 0 Å². The van der Waals surface area contributed by atoms with Crippen LogP contribution in [-0.4, -0.2) is 25.2 Å². The topological polar surface area (TPSA) is 43.4 Å². The van der Waals surface area contributed by atoms with Gasteiger partial charge in [0, 0.05) is 5.54 Å². The van der Waals surface area contributed by atoms with Gasteiger partial charge in [0.25, 0.3) is 0 Å². The van der Waals surface area contributed by atoms with Crippen molar-refractivity contribution in [2.24, 2.45) is 0 Å². The van der Waals surface area contributed by atoms with E-state index in [4.69, 9.17) is 0 Å². The van der Waals surface area contributed by atoms with Gasteiger partial charge < -0.3 is 10.3 Å². The summed E-state index contributed by atoms with van der Waals surface area (Å²) in [6, 6.07) is 0. The highest BCUT2D eigenvalue weighted by atomic mass is 79.9. The van der Waals surface area contributed by atoms with Gasteiger partial charge in [-0.05, 0) is 27.7 Å². The number of alkyl halides is 2. The molecule has 0 unspecified atom stereocenters. The van der Waals surface area contributed by atoms with Crippen LogP contribution in [-0.2, 0) is 4.79 Å². The molecule has 1 rings (SSSR count). The van der Waals surface area contributed by atoms with E-state index in [-0.39, 0.29) is 5.78 Å². The average Bonchev–Trinajstić information content (AvgIpc) is 2.05. The number of hydroxylamine groups is 2. The lowest BCUT2D eigenvalue weighted by atomic mass is 9.99. The van der Waals surface area contributed by atoms with Crippen LogP contribution in [0.3, 0.4) is 0 Å². The number of Topliss-reactive ketones (excluding diaryl/α,β-unsaturated/α-hetero) is 1. The van der Waals surface area contributed by atoms with Crippen LogP contribution in [0.15, 0.2) is 0 Å². The number of rotatable bonds is 0. The Morgan fingerprint density at radius 3 is 1.69 bits per heavy atom. The molecule has 1 saturated heterocycles. The quantitative estimate of drug-likeness (QED) is 0.645. The highest BCUT2D eigenvalue weighted by Crippen LogP contribution is 2.52. The minimum atomic E-state index is -0.976. The van der Waals surface area contributed by atoms with E-state index >= 15 is 0 Å². The van der Waals surface area contributed by atoms with Crippen LogP contribution >= 0.6 is 31.9 Å². The summed E-state index contributed by atoms with van der Waals surface area (Å²) in [5, 5.41) is 12.6. The predicted molar refractivity (Wildman–Crippen MR) is 59.0 cm³/mol. The lowest BCUT2D eigenvalue weighted by Crippen LogP contribution is -2.48. The second-order valence-electron chi connectivity index (χ2n) is 4.32. The molecule has 76 valence electrons. The van der Waals surface area contributed by atoms with Gasteiger partial charge in [0.15, 0.2) is 9.02 Å². The van der Waals surface area contributed by atoms with Gasteiger partial charge >= 0.3 is 0 Å². The number of carbonyl (C=O) groups is 1. The van der Waals surface area contributed by atoms with Crippen LogP contribution < -0.4 is 0 Å². The second-order valence-corrected chi connectivity index (χ2v) is 7.76. The molecular weight excluding hydrogens is 302 g/mol. The van der Waals surface area contributed by atoms with Crippen molar-refractivity contribution in [3.8, 4) is 0 Å². The van der Waals surface area contributed by atoms with E-state index < -0.39 is 14.3 Å². The van der Waals surface area contributed by atoms with Crippen molar-refractivity contribution in [2.45, 2.75) is 42.0 Å². The Labute approximate surface area is 94.7 Å². The Hall–Kier alpha value is 0.550. The molecule has 1 aliphatic heterocycles. The minimum absolute atomic E-state index is 0.139. The molecule has 1 aliphatic rings. The Morgan fingerprint density at radius 1 is 1.23 bits per heavy atom. The molecule has 0 atom stereocenters. The molecule has 0 amide bonds. The number of halogens is 2. The summed E-state index contributed by atoms with van der Waals surface area (Å²) in [6.45, 7) is 6.73. The molecule has 1 fully saturated rings. The van der Waals surface area contributed by atoms with E-state index in [9.17, 15) is 10.0 Å². The van der Waals surface area contributed by atoms with Gasteiger partial charge in [-0.1, -0.05) is 31.9 Å². The zero-order chi connectivity index (χ0) is 10.7. The monoisotopic (exact) mass is 312 g/mol. The van der Waals surface area contributed by atoms with Crippen LogP contribution in [0.4, 0.5) is 0 Å². The van der Waals surface area contributed by atoms with E-state index in [1.807, 2.05) is 0 Å². The maximum Gasteiger partial charge on any atom is 0.180 e. The first-order valence-electron chi connectivity index (χ1n) is 3.96. The smallest absolute Gasteiger partial charge is 0.180 e. The molecule has 0 spiro atoms. The third kappa shape index (κ3) is 1.24. The lowest BCUT2D eigenvalue weighted by Gasteiger charge is -2.46. The van der Waals surface area contributed by atoms with E-state index in [0.717, 1.165) is 5.06 Å². The molecular formula is C8H12Br2NO2-. The normalized spacial score (nSPS) is 30.8. The van der Waals surface area contributed by atoms with Gasteiger partial charge in [-0.25, -0.2) is 0 Å². The van der Waals surface area contributed by atoms with Gasteiger partial charge in [0.05, 0.1) is 5.54 Å². The third-order valence-electron chi connectivity index (χ3n) is 2.62. The Bertz CT molecular complexity index is 261. The predicted octanol–water partition coefficient (Wildman–Crippen LogP) is 2.41. The maximum atomic E-state index is 11.8. The van der Waals surface area contributed by atoms with E-state index in [0.29, 0.717) is 0 Å². The summed E-state index contributed by atoms with van der Waals surface area (Å²) >= 11 is 6.54. The summed E-state index contributed by atoms with van der Waals surface area (Å²) in [7, 11) is 0. The maximum absolute atomic E-state index is 11.8. The highest BCUT2D eigenvalue weighted by molar-refractivity contribution is 9.26. The fourth-order valence-electron chi connectivity index (χ4n) is 1.58. The molecule has 5 heteroatoms. The van der Waals surface area contributed by atoms with Gasteiger partial charge in [-0.15, -0.1) is 0 Å². The van der Waals surface area contributed by atoms with Crippen LogP contribution in [0.25, 0.3) is 0 Å². The molecule has 0 aromatic heterocycles. The van der Waals surface area contributed by atoms with E-state index in [1.54, 1.807) is 27.7 Å². The van der Waals surface area contributed by atoms with Crippen molar-refractivity contribution < 1.29 is 4.79 Å². The average molecular weight is 314 g/mol. The first-order valence-corrected chi connectivity index (χ1v) is 5.55. The van der Waals surface area contributed by atoms with Crippen molar-refractivity contribution in [3.05, 3.63) is 5.21 Å². The molecule has 3 nitrogen and oxygen atoms in total. The molecule has 0 bridgehead atoms. The molecule has 0 aromatic rings. The molecule has 1 heterocycles. The number of ketones is 1. The van der Waals surface area contributed by atoms with Crippen LogP contribution in [0.1, 0.15) is 27.7 Å². The molecule has 0 N–H and O–H groups in total. The van der Waals surface area contributed by atoms with E-state index in [2.05, 4.69) is 31.9 Å². The van der Waals surface area contributed by atoms with Crippen molar-refractivity contribution in [1.82, 2.24) is 5.06 Å². The molecule has 13 heavy (non-hydrogen) atoms. The standard InChI is InChI=1S/C8H12Br2NO2/c1-6(2)5(12)8(9,10)7(3,4)11(6)13/h1-4H3/q-1. The number of hydrogen-bond donors (Lipinski definition) is 0. The second kappa shape index (κ2) is 2.78. The van der Waals surface area contributed by atoms with Crippen LogP contribution in [0, 0.1) is 5.21 Å². The molecule has 0 radical (unpaired) electrons. The highest BCUT2D eigenvalue weighted by Gasteiger charge is 2.61. The molecule has 0 aliphatic carbocycles. The fraction of sp³-hybridized carbons (Fsp3) is 0.875. The summed E-state index contributed by atoms with van der Waals surface area (Å²) in [6.07, 6.45) is 0. The SMILES string of the molecule is CC1(C)C(=O)C(Br)(Br)C(C)(C)N1[O-]. The Morgan fingerprint density at radius 2 is 1.62 bits per heavy atom. The fourth-order valence-corrected chi connectivity index (χ4v) is 2.87. The van der Waals surface area contributed by atoms with Gasteiger partial charge in [-0.3, -0.25) is 4.79 Å². The minimum Gasteiger partial charge on any atom is -0.784 e. The Balaban J connectivity index is 3.29. The first kappa shape index (κ1) is 11.6. The summed E-state index contributed by atoms with van der Waals surface area (Å²) in [5.41, 5.74) is -1.76. The van der Waals surface area contributed by atoms with E-state index in [1.165, 1.54) is 0 Å². The van der Waals surface area contributed by atoms with Gasteiger partial charge in [0.1, 0.15) is 0 Å². The summed E-state index contributed by atoms with van der Waals surface area (Å²) in [4.78, 5) is 11.8. The number of hydrogen-bond acceptors (Lipinski definition) is 3. The van der Waals surface area contributed by atoms with Crippen molar-refractivity contribution in [3.63, 3.8) is 0 Å². The van der Waals surface area contributed by atoms with Crippen molar-refractivity contribution >= 4 is 37.6 Å². The lowest BCUT2D eigenvalue weighted by molar-refractivity contribution is -0.122. The van der Waals surface area contributed by atoms with Crippen molar-refractivity contribution in [1.29, 1.82) is 0 Å². The third-order valence-corrected chi connectivity index (χ3v) is 5.29. The van der Waals surface area contributed by atoms with Crippen LogP contribution in [0.2, 0.25) is 0 Å². The van der Waals surface area contributed by atoms with Crippen LogP contribution in [0.5, 0.6) is 0 Å². The summed E-state index contributed by atoms with van der Waals surface area (Å²) < 4.78 is -0.946. The first-order chi connectivity index (χ1) is 5.56. The zero-order valence-electron chi connectivity index (χ0n) is 8.02. The summed E-state index contributed by atoms with van der Waals surface area (Å²) in [5.74, 6) is -0.139. The van der Waals surface area contributed by atoms with Gasteiger partial charge in [-0.2, -0.15) is 0 Å². The number of nitrogens with zero attached hydrogens (tertiary/aromatic N) is 1. The molecule has 0 saturated carbocycles. The Kier molecular flexibility index (Phi) is 2.48. The molecule has 0 aromatic carbocycles. The van der Waals surface area contributed by atoms with Crippen molar-refractivity contribution in [2.75, 3.05) is 0 Å². The zero-order valence-corrected chi connectivity index (χ0v) is 11.2.